The number of carbonyl (C=O) groups excluding carboxylic acids is 1. The summed E-state index contributed by atoms with van der Waals surface area (Å²) in [4.78, 5) is 35.0. The number of hydrogen-bond donors (Lipinski definition) is 0. The number of pyridine rings is 1. The summed E-state index contributed by atoms with van der Waals surface area (Å²) in [5.41, 5.74) is 1.84. The second-order valence-electron chi connectivity index (χ2n) is 6.73. The lowest BCUT2D eigenvalue weighted by Gasteiger charge is -2.15. The van der Waals surface area contributed by atoms with Gasteiger partial charge >= 0.3 is 0 Å². The summed E-state index contributed by atoms with van der Waals surface area (Å²) in [7, 11) is 0. The third-order valence-corrected chi connectivity index (χ3v) is 5.00. The van der Waals surface area contributed by atoms with E-state index >= 15 is 0 Å². The van der Waals surface area contributed by atoms with E-state index in [0.29, 0.717) is 21.6 Å². The standard InChI is InChI=1S/C23H15ClN4O2/c1-14-5-2-3-7-19(14)28-21(12-20(29)22-15(13-25)6-4-10-26-22)27-18-9-8-16(24)11-17(18)23(28)30/h2-11H,12H2,1H3. The number of nitrogens with zero attached hydrogens (tertiary/aromatic N) is 4. The number of hydrogen-bond acceptors (Lipinski definition) is 5. The van der Waals surface area contributed by atoms with E-state index in [9.17, 15) is 14.9 Å². The molecule has 146 valence electrons. The molecule has 4 aromatic rings. The highest BCUT2D eigenvalue weighted by molar-refractivity contribution is 6.31. The van der Waals surface area contributed by atoms with Crippen molar-refractivity contribution in [2.75, 3.05) is 0 Å². The number of nitriles is 1. The first-order valence-electron chi connectivity index (χ1n) is 9.15. The molecule has 7 heteroatoms. The molecule has 0 saturated heterocycles. The van der Waals surface area contributed by atoms with Crippen LogP contribution in [0.25, 0.3) is 16.6 Å². The monoisotopic (exact) mass is 414 g/mol. The zero-order chi connectivity index (χ0) is 21.3. The first-order chi connectivity index (χ1) is 14.5. The fourth-order valence-corrected chi connectivity index (χ4v) is 3.50. The lowest BCUT2D eigenvalue weighted by molar-refractivity contribution is 0.0985. The Bertz CT molecular complexity index is 1400. The van der Waals surface area contributed by atoms with Crippen LogP contribution in [-0.2, 0) is 6.42 Å². The topological polar surface area (TPSA) is 88.6 Å². The number of benzene rings is 2. The molecule has 0 unspecified atom stereocenters. The minimum atomic E-state index is -0.394. The van der Waals surface area contributed by atoms with Gasteiger partial charge in [-0.15, -0.1) is 0 Å². The Morgan fingerprint density at radius 3 is 2.73 bits per heavy atom. The van der Waals surface area contributed by atoms with Gasteiger partial charge in [-0.1, -0.05) is 29.8 Å². The van der Waals surface area contributed by atoms with E-state index in [1.807, 2.05) is 31.2 Å². The molecule has 0 N–H and O–H groups in total. The maximum Gasteiger partial charge on any atom is 0.266 e. The van der Waals surface area contributed by atoms with Gasteiger partial charge in [-0.2, -0.15) is 5.26 Å². The number of para-hydroxylation sites is 1. The van der Waals surface area contributed by atoms with Gasteiger partial charge in [0, 0.05) is 11.2 Å². The first-order valence-corrected chi connectivity index (χ1v) is 9.53. The summed E-state index contributed by atoms with van der Waals surface area (Å²) in [6.07, 6.45) is 1.27. The summed E-state index contributed by atoms with van der Waals surface area (Å²) in [5.74, 6) is -0.127. The molecule has 2 aromatic heterocycles. The second-order valence-corrected chi connectivity index (χ2v) is 7.16. The lowest BCUT2D eigenvalue weighted by atomic mass is 10.1. The van der Waals surface area contributed by atoms with E-state index in [4.69, 9.17) is 11.6 Å². The average Bonchev–Trinajstić information content (AvgIpc) is 2.75. The Labute approximate surface area is 177 Å². The van der Waals surface area contributed by atoms with Crippen LogP contribution in [0.15, 0.2) is 65.6 Å². The van der Waals surface area contributed by atoms with Crippen molar-refractivity contribution in [2.45, 2.75) is 13.3 Å². The van der Waals surface area contributed by atoms with E-state index in [1.165, 1.54) is 16.8 Å². The first kappa shape index (κ1) is 19.5. The Morgan fingerprint density at radius 2 is 1.97 bits per heavy atom. The van der Waals surface area contributed by atoms with Gasteiger partial charge in [0.05, 0.1) is 28.6 Å². The zero-order valence-electron chi connectivity index (χ0n) is 16.0. The number of aryl methyl sites for hydroxylation is 1. The van der Waals surface area contributed by atoms with Gasteiger partial charge in [-0.25, -0.2) is 4.98 Å². The number of fused-ring (bicyclic) bond motifs is 1. The van der Waals surface area contributed by atoms with Crippen molar-refractivity contribution in [1.82, 2.24) is 14.5 Å². The quantitative estimate of drug-likeness (QED) is 0.470. The lowest BCUT2D eigenvalue weighted by Crippen LogP contribution is -2.26. The van der Waals surface area contributed by atoms with E-state index in [1.54, 1.807) is 30.3 Å². The number of halogens is 1. The van der Waals surface area contributed by atoms with Gasteiger partial charge in [0.2, 0.25) is 0 Å². The Morgan fingerprint density at radius 1 is 1.17 bits per heavy atom. The van der Waals surface area contributed by atoms with Crippen LogP contribution >= 0.6 is 11.6 Å². The number of rotatable bonds is 4. The van der Waals surface area contributed by atoms with Crippen molar-refractivity contribution in [3.8, 4) is 11.8 Å². The maximum absolute atomic E-state index is 13.4. The molecule has 6 nitrogen and oxygen atoms in total. The minimum absolute atomic E-state index is 0.0572. The molecule has 4 rings (SSSR count). The van der Waals surface area contributed by atoms with Gasteiger partial charge in [-0.05, 0) is 48.9 Å². The number of ketones is 1. The third-order valence-electron chi connectivity index (χ3n) is 4.77. The fraction of sp³-hybridized carbons (Fsp3) is 0.0870. The van der Waals surface area contributed by atoms with Crippen molar-refractivity contribution in [3.05, 3.63) is 98.8 Å². The largest absolute Gasteiger partial charge is 0.292 e. The third kappa shape index (κ3) is 3.47. The highest BCUT2D eigenvalue weighted by Crippen LogP contribution is 2.20. The zero-order valence-corrected chi connectivity index (χ0v) is 16.7. The molecule has 0 amide bonds. The molecule has 30 heavy (non-hydrogen) atoms. The average molecular weight is 415 g/mol. The highest BCUT2D eigenvalue weighted by Gasteiger charge is 2.20. The van der Waals surface area contributed by atoms with Gasteiger partial charge < -0.3 is 0 Å². The molecule has 0 aliphatic heterocycles. The molecule has 0 saturated carbocycles. The van der Waals surface area contributed by atoms with Crippen LogP contribution in [0.5, 0.6) is 0 Å². The van der Waals surface area contributed by atoms with E-state index in [0.717, 1.165) is 5.56 Å². The molecular formula is C23H15ClN4O2. The van der Waals surface area contributed by atoms with Crippen molar-refractivity contribution >= 4 is 28.3 Å². The molecule has 0 bridgehead atoms. The Hall–Kier alpha value is -3.82. The highest BCUT2D eigenvalue weighted by atomic mass is 35.5. The Kier molecular flexibility index (Phi) is 5.13. The van der Waals surface area contributed by atoms with Crippen molar-refractivity contribution < 1.29 is 4.79 Å². The summed E-state index contributed by atoms with van der Waals surface area (Å²) in [6, 6.07) is 17.3. The number of carbonyl (C=O) groups is 1. The molecule has 0 radical (unpaired) electrons. The van der Waals surface area contributed by atoms with Crippen LogP contribution in [0.1, 0.15) is 27.4 Å². The molecule has 0 spiro atoms. The van der Waals surface area contributed by atoms with Crippen LogP contribution in [0.4, 0.5) is 0 Å². The maximum atomic E-state index is 13.4. The molecule has 0 aliphatic rings. The molecule has 0 fully saturated rings. The fourth-order valence-electron chi connectivity index (χ4n) is 3.33. The molecular weight excluding hydrogens is 400 g/mol. The van der Waals surface area contributed by atoms with Crippen LogP contribution in [-0.4, -0.2) is 20.3 Å². The summed E-state index contributed by atoms with van der Waals surface area (Å²) >= 11 is 6.09. The normalized spacial score (nSPS) is 10.7. The summed E-state index contributed by atoms with van der Waals surface area (Å²) in [6.45, 7) is 1.88. The predicted molar refractivity (Wildman–Crippen MR) is 114 cm³/mol. The van der Waals surface area contributed by atoms with Crippen molar-refractivity contribution in [3.63, 3.8) is 0 Å². The SMILES string of the molecule is Cc1ccccc1-n1c(CC(=O)c2ncccc2C#N)nc2ccc(Cl)cc2c1=O. The number of Topliss-reactive ketones (excluding diaryl/α,β-unsaturated/α-hetero) is 1. The molecule has 2 aromatic carbocycles. The summed E-state index contributed by atoms with van der Waals surface area (Å²) in [5, 5.41) is 10.1. The van der Waals surface area contributed by atoms with Gasteiger partial charge in [0.1, 0.15) is 17.6 Å². The van der Waals surface area contributed by atoms with E-state index in [2.05, 4.69) is 9.97 Å². The van der Waals surface area contributed by atoms with Crippen LogP contribution in [0, 0.1) is 18.3 Å². The van der Waals surface area contributed by atoms with Crippen LogP contribution in [0.2, 0.25) is 5.02 Å². The van der Waals surface area contributed by atoms with Gasteiger partial charge in [0.15, 0.2) is 5.78 Å². The van der Waals surface area contributed by atoms with Crippen LogP contribution < -0.4 is 5.56 Å². The van der Waals surface area contributed by atoms with Crippen molar-refractivity contribution in [1.29, 1.82) is 5.26 Å². The number of aromatic nitrogens is 3. The Balaban J connectivity index is 1.95. The molecule has 2 heterocycles. The van der Waals surface area contributed by atoms with Crippen LogP contribution in [0.3, 0.4) is 0 Å². The van der Waals surface area contributed by atoms with E-state index < -0.39 is 5.78 Å². The molecule has 0 atom stereocenters. The molecule has 0 aliphatic carbocycles. The smallest absolute Gasteiger partial charge is 0.266 e. The summed E-state index contributed by atoms with van der Waals surface area (Å²) < 4.78 is 1.43. The minimum Gasteiger partial charge on any atom is -0.292 e. The van der Waals surface area contributed by atoms with Crippen molar-refractivity contribution in [2.24, 2.45) is 0 Å². The second kappa shape index (κ2) is 7.90. The van der Waals surface area contributed by atoms with E-state index in [-0.39, 0.29) is 29.1 Å². The van der Waals surface area contributed by atoms with Gasteiger partial charge in [0.25, 0.3) is 5.56 Å². The predicted octanol–water partition coefficient (Wildman–Crippen LogP) is 4.04. The van der Waals surface area contributed by atoms with Gasteiger partial charge in [-0.3, -0.25) is 19.1 Å².